The van der Waals surface area contributed by atoms with E-state index >= 15 is 0 Å². The fourth-order valence-electron chi connectivity index (χ4n) is 3.93. The molecule has 166 valence electrons. The number of aliphatic imine (C=N–C) groups is 1. The number of hydrogen-bond donors (Lipinski definition) is 1. The molecule has 0 amide bonds. The van der Waals surface area contributed by atoms with Crippen molar-refractivity contribution in [1.82, 2.24) is 15.1 Å². The zero-order chi connectivity index (χ0) is 20.5. The van der Waals surface area contributed by atoms with Gasteiger partial charge in [-0.05, 0) is 43.4 Å². The van der Waals surface area contributed by atoms with Crippen LogP contribution in [-0.4, -0.2) is 70.3 Å². The number of benzene rings is 1. The first-order valence-electron chi connectivity index (χ1n) is 10.3. The predicted octanol–water partition coefficient (Wildman–Crippen LogP) is 3.70. The molecule has 0 spiro atoms. The van der Waals surface area contributed by atoms with Gasteiger partial charge in [-0.3, -0.25) is 4.99 Å². The van der Waals surface area contributed by atoms with Crippen LogP contribution >= 0.6 is 24.0 Å². The second kappa shape index (κ2) is 13.2. The first-order chi connectivity index (χ1) is 13.5. The fraction of sp³-hybridized carbons (Fsp3) is 0.682. The molecule has 29 heavy (non-hydrogen) atoms. The zero-order valence-corrected chi connectivity index (χ0v) is 21.2. The van der Waals surface area contributed by atoms with Crippen LogP contribution in [-0.2, 0) is 6.54 Å². The first kappa shape index (κ1) is 25.8. The molecule has 1 aliphatic heterocycles. The van der Waals surface area contributed by atoms with E-state index in [9.17, 15) is 0 Å². The van der Waals surface area contributed by atoms with Crippen molar-refractivity contribution in [3.05, 3.63) is 23.8 Å². The maximum Gasteiger partial charge on any atom is 0.193 e. The second-order valence-corrected chi connectivity index (χ2v) is 8.12. The van der Waals surface area contributed by atoms with Gasteiger partial charge in [-0.15, -0.1) is 24.0 Å². The summed E-state index contributed by atoms with van der Waals surface area (Å²) >= 11 is 0. The molecule has 1 aromatic rings. The lowest BCUT2D eigenvalue weighted by molar-refractivity contribution is 0.159. The highest BCUT2D eigenvalue weighted by Gasteiger charge is 2.21. The molecule has 1 unspecified atom stereocenters. The van der Waals surface area contributed by atoms with Crippen LogP contribution in [0, 0.1) is 11.8 Å². The molecule has 0 aromatic heterocycles. The minimum Gasteiger partial charge on any atom is -0.497 e. The smallest absolute Gasteiger partial charge is 0.193 e. The number of piperidine rings is 1. The molecule has 1 heterocycles. The number of likely N-dealkylation sites (tertiary alicyclic amines) is 1. The van der Waals surface area contributed by atoms with E-state index in [0.29, 0.717) is 5.92 Å². The summed E-state index contributed by atoms with van der Waals surface area (Å²) in [4.78, 5) is 9.22. The van der Waals surface area contributed by atoms with Gasteiger partial charge in [0.2, 0.25) is 0 Å². The van der Waals surface area contributed by atoms with E-state index in [0.717, 1.165) is 42.0 Å². The van der Waals surface area contributed by atoms with Crippen molar-refractivity contribution in [1.29, 1.82) is 0 Å². The van der Waals surface area contributed by atoms with Crippen molar-refractivity contribution in [3.63, 3.8) is 0 Å². The van der Waals surface area contributed by atoms with Crippen molar-refractivity contribution in [2.75, 3.05) is 54.5 Å². The standard InChI is InChI=1S/C22H38N4O2.HI/c1-17(2)14-26-11-7-8-18(15-26)13-24-22(23-3)25(4)16-19-9-10-20(27-5)12-21(19)28-6;/h9-10,12,17-18H,7-8,11,13-16H2,1-6H3,(H,23,24);1H. The highest BCUT2D eigenvalue weighted by molar-refractivity contribution is 14.0. The number of hydrogen-bond acceptors (Lipinski definition) is 4. The summed E-state index contributed by atoms with van der Waals surface area (Å²) in [6.45, 7) is 9.89. The van der Waals surface area contributed by atoms with E-state index in [1.807, 2.05) is 25.2 Å². The Labute approximate surface area is 194 Å². The van der Waals surface area contributed by atoms with Crippen LogP contribution in [0.25, 0.3) is 0 Å². The van der Waals surface area contributed by atoms with E-state index in [-0.39, 0.29) is 24.0 Å². The van der Waals surface area contributed by atoms with Gasteiger partial charge in [0.1, 0.15) is 11.5 Å². The van der Waals surface area contributed by atoms with E-state index < -0.39 is 0 Å². The predicted molar refractivity (Wildman–Crippen MR) is 132 cm³/mol. The molecule has 1 saturated heterocycles. The number of nitrogens with zero attached hydrogens (tertiary/aromatic N) is 3. The maximum absolute atomic E-state index is 5.53. The molecule has 6 nitrogen and oxygen atoms in total. The largest absolute Gasteiger partial charge is 0.497 e. The van der Waals surface area contributed by atoms with E-state index in [4.69, 9.17) is 9.47 Å². The zero-order valence-electron chi connectivity index (χ0n) is 18.9. The summed E-state index contributed by atoms with van der Waals surface area (Å²) in [6, 6.07) is 5.93. The average molecular weight is 518 g/mol. The molecule has 0 bridgehead atoms. The molecule has 1 fully saturated rings. The van der Waals surface area contributed by atoms with E-state index in [1.165, 1.54) is 32.5 Å². The van der Waals surface area contributed by atoms with Gasteiger partial charge in [0.25, 0.3) is 0 Å². The quantitative estimate of drug-likeness (QED) is 0.323. The number of methoxy groups -OCH3 is 2. The van der Waals surface area contributed by atoms with Gasteiger partial charge in [0, 0.05) is 51.9 Å². The third-order valence-corrected chi connectivity index (χ3v) is 5.25. The number of ether oxygens (including phenoxy) is 2. The van der Waals surface area contributed by atoms with Crippen molar-refractivity contribution in [2.24, 2.45) is 16.8 Å². The number of nitrogens with one attached hydrogen (secondary N) is 1. The monoisotopic (exact) mass is 518 g/mol. The van der Waals surface area contributed by atoms with Crippen molar-refractivity contribution in [3.8, 4) is 11.5 Å². The van der Waals surface area contributed by atoms with Gasteiger partial charge in [-0.25, -0.2) is 0 Å². The van der Waals surface area contributed by atoms with Crippen molar-refractivity contribution in [2.45, 2.75) is 33.2 Å². The van der Waals surface area contributed by atoms with Crippen LogP contribution in [0.1, 0.15) is 32.3 Å². The summed E-state index contributed by atoms with van der Waals surface area (Å²) in [5.74, 6) is 3.95. The van der Waals surface area contributed by atoms with Crippen LogP contribution in [0.5, 0.6) is 11.5 Å². The summed E-state index contributed by atoms with van der Waals surface area (Å²) in [7, 11) is 7.26. The Morgan fingerprint density at radius 2 is 2.07 bits per heavy atom. The Morgan fingerprint density at radius 1 is 1.31 bits per heavy atom. The molecule has 1 atom stereocenters. The minimum absolute atomic E-state index is 0. The van der Waals surface area contributed by atoms with Gasteiger partial charge in [-0.1, -0.05) is 13.8 Å². The number of rotatable bonds is 8. The van der Waals surface area contributed by atoms with Gasteiger partial charge in [-0.2, -0.15) is 0 Å². The molecule has 0 aliphatic carbocycles. The lowest BCUT2D eigenvalue weighted by atomic mass is 9.97. The maximum atomic E-state index is 5.53. The Morgan fingerprint density at radius 3 is 2.69 bits per heavy atom. The lowest BCUT2D eigenvalue weighted by Crippen LogP contribution is -2.45. The summed E-state index contributed by atoms with van der Waals surface area (Å²) in [6.07, 6.45) is 2.57. The van der Waals surface area contributed by atoms with Crippen LogP contribution in [0.3, 0.4) is 0 Å². The van der Waals surface area contributed by atoms with Crippen molar-refractivity contribution >= 4 is 29.9 Å². The fourth-order valence-corrected chi connectivity index (χ4v) is 3.93. The Kier molecular flexibility index (Phi) is 11.7. The highest BCUT2D eigenvalue weighted by atomic mass is 127. The molecule has 0 radical (unpaired) electrons. The molecule has 2 rings (SSSR count). The first-order valence-corrected chi connectivity index (χ1v) is 10.3. The van der Waals surface area contributed by atoms with Gasteiger partial charge in [0.05, 0.1) is 14.2 Å². The molecular weight excluding hydrogens is 479 g/mol. The van der Waals surface area contributed by atoms with Gasteiger partial charge in [0.15, 0.2) is 5.96 Å². The topological polar surface area (TPSA) is 49.3 Å². The summed E-state index contributed by atoms with van der Waals surface area (Å²) in [5.41, 5.74) is 1.11. The van der Waals surface area contributed by atoms with Crippen molar-refractivity contribution < 1.29 is 9.47 Å². The van der Waals surface area contributed by atoms with Crippen LogP contribution in [0.4, 0.5) is 0 Å². The SMILES string of the molecule is CN=C(NCC1CCCN(CC(C)C)C1)N(C)Cc1ccc(OC)cc1OC.I. The number of guanidine groups is 1. The Hall–Kier alpha value is -1.22. The third-order valence-electron chi connectivity index (χ3n) is 5.25. The summed E-state index contributed by atoms with van der Waals surface area (Å²) in [5, 5.41) is 3.58. The van der Waals surface area contributed by atoms with Crippen LogP contribution in [0.2, 0.25) is 0 Å². The molecule has 1 aromatic carbocycles. The number of halogens is 1. The lowest BCUT2D eigenvalue weighted by Gasteiger charge is -2.34. The van der Waals surface area contributed by atoms with E-state index in [2.05, 4.69) is 41.0 Å². The molecule has 0 saturated carbocycles. The normalized spacial score (nSPS) is 17.6. The van der Waals surface area contributed by atoms with Gasteiger partial charge >= 0.3 is 0 Å². The Balaban J connectivity index is 0.00000420. The summed E-state index contributed by atoms with van der Waals surface area (Å²) < 4.78 is 10.8. The second-order valence-electron chi connectivity index (χ2n) is 8.12. The Bertz CT molecular complexity index is 639. The molecule has 7 heteroatoms. The molecular formula is C22H39IN4O2. The van der Waals surface area contributed by atoms with Crippen LogP contribution < -0.4 is 14.8 Å². The van der Waals surface area contributed by atoms with E-state index in [1.54, 1.807) is 14.2 Å². The minimum atomic E-state index is 0. The third kappa shape index (κ3) is 8.20. The molecule has 1 N–H and O–H groups in total. The molecule has 1 aliphatic rings. The average Bonchev–Trinajstić information content (AvgIpc) is 2.68. The van der Waals surface area contributed by atoms with Gasteiger partial charge < -0.3 is 24.6 Å². The van der Waals surface area contributed by atoms with Crippen LogP contribution in [0.15, 0.2) is 23.2 Å². The highest BCUT2D eigenvalue weighted by Crippen LogP contribution is 2.25.